The summed E-state index contributed by atoms with van der Waals surface area (Å²) in [5, 5.41) is 2.80. The summed E-state index contributed by atoms with van der Waals surface area (Å²) < 4.78 is 30.6. The largest absolute Gasteiger partial charge is 0.377 e. The summed E-state index contributed by atoms with van der Waals surface area (Å²) in [6.45, 7) is 3.06. The maximum atomic E-state index is 12.1. The lowest BCUT2D eigenvalue weighted by Crippen LogP contribution is -2.22. The first-order chi connectivity index (χ1) is 12.8. The average Bonchev–Trinajstić information content (AvgIpc) is 2.65. The van der Waals surface area contributed by atoms with E-state index in [1.165, 1.54) is 32.3 Å². The van der Waals surface area contributed by atoms with Crippen molar-refractivity contribution in [3.63, 3.8) is 0 Å². The molecule has 0 atom stereocenters. The molecule has 1 amide bonds. The molecular weight excluding hydrogens is 364 g/mol. The lowest BCUT2D eigenvalue weighted by Gasteiger charge is -2.11. The predicted octanol–water partition coefficient (Wildman–Crippen LogP) is 3.13. The monoisotopic (exact) mass is 388 g/mol. The van der Waals surface area contributed by atoms with E-state index >= 15 is 0 Å². The smallest absolute Gasteiger partial charge is 0.248 e. The fraction of sp³-hybridized carbons (Fsp3) is 0.250. The number of anilines is 1. The van der Waals surface area contributed by atoms with E-state index < -0.39 is 10.0 Å². The van der Waals surface area contributed by atoms with Gasteiger partial charge in [-0.25, -0.2) is 12.7 Å². The van der Waals surface area contributed by atoms with Crippen molar-refractivity contribution in [2.75, 3.05) is 26.0 Å². The van der Waals surface area contributed by atoms with E-state index in [0.29, 0.717) is 18.9 Å². The van der Waals surface area contributed by atoms with Gasteiger partial charge in [-0.1, -0.05) is 24.3 Å². The van der Waals surface area contributed by atoms with Crippen LogP contribution in [0, 0.1) is 0 Å². The molecule has 0 aliphatic carbocycles. The van der Waals surface area contributed by atoms with Crippen LogP contribution < -0.4 is 5.32 Å². The third-order valence-corrected chi connectivity index (χ3v) is 5.58. The van der Waals surface area contributed by atoms with Crippen LogP contribution in [0.3, 0.4) is 0 Å². The first-order valence-electron chi connectivity index (χ1n) is 8.51. The molecule has 0 bridgehead atoms. The van der Waals surface area contributed by atoms with Gasteiger partial charge in [0.15, 0.2) is 0 Å². The highest BCUT2D eigenvalue weighted by molar-refractivity contribution is 7.89. The molecule has 7 heteroatoms. The Labute approximate surface area is 160 Å². The van der Waals surface area contributed by atoms with Gasteiger partial charge in [-0.15, -0.1) is 0 Å². The van der Waals surface area contributed by atoms with E-state index in [1.807, 2.05) is 31.2 Å². The summed E-state index contributed by atoms with van der Waals surface area (Å²) in [5.74, 6) is -0.270. The Morgan fingerprint density at radius 3 is 2.48 bits per heavy atom. The Hall–Kier alpha value is -2.48. The van der Waals surface area contributed by atoms with Crippen LogP contribution in [0.1, 0.15) is 18.1 Å². The molecule has 144 valence electrons. The Morgan fingerprint density at radius 1 is 1.15 bits per heavy atom. The van der Waals surface area contributed by atoms with Crippen LogP contribution in [0.4, 0.5) is 5.69 Å². The molecule has 2 rings (SSSR count). The standard InChI is InChI=1S/C20H24N2O4S/c1-4-26-15-17-6-5-7-18(14-17)21-20(23)13-10-16-8-11-19(12-9-16)27(24,25)22(2)3/h5-14H,4,15H2,1-3H3,(H,21,23)/b13-10+. The number of rotatable bonds is 8. The van der Waals surface area contributed by atoms with Crippen LogP contribution in [0.15, 0.2) is 59.5 Å². The highest BCUT2D eigenvalue weighted by Gasteiger charge is 2.16. The molecule has 6 nitrogen and oxygen atoms in total. The van der Waals surface area contributed by atoms with Crippen LogP contribution in [-0.2, 0) is 26.2 Å². The van der Waals surface area contributed by atoms with E-state index in [4.69, 9.17) is 4.74 Å². The highest BCUT2D eigenvalue weighted by Crippen LogP contribution is 2.15. The number of amides is 1. The van der Waals surface area contributed by atoms with Gasteiger partial charge in [0, 0.05) is 32.5 Å². The zero-order valence-corrected chi connectivity index (χ0v) is 16.5. The van der Waals surface area contributed by atoms with Gasteiger partial charge >= 0.3 is 0 Å². The van der Waals surface area contributed by atoms with E-state index in [2.05, 4.69) is 5.32 Å². The van der Waals surface area contributed by atoms with E-state index in [9.17, 15) is 13.2 Å². The van der Waals surface area contributed by atoms with Crippen molar-refractivity contribution in [3.05, 3.63) is 65.7 Å². The Bertz CT molecular complexity index is 904. The molecule has 0 spiro atoms. The first-order valence-corrected chi connectivity index (χ1v) is 9.95. The Balaban J connectivity index is 2.00. The van der Waals surface area contributed by atoms with Gasteiger partial charge in [0.1, 0.15) is 0 Å². The van der Waals surface area contributed by atoms with Gasteiger partial charge in [0.05, 0.1) is 11.5 Å². The molecule has 0 unspecified atom stereocenters. The van der Waals surface area contributed by atoms with Crippen molar-refractivity contribution < 1.29 is 17.9 Å². The van der Waals surface area contributed by atoms with Crippen LogP contribution in [0.25, 0.3) is 6.08 Å². The second kappa shape index (κ2) is 9.45. The summed E-state index contributed by atoms with van der Waals surface area (Å²) in [7, 11) is -0.491. The zero-order valence-electron chi connectivity index (χ0n) is 15.7. The van der Waals surface area contributed by atoms with Gasteiger partial charge < -0.3 is 10.1 Å². The molecular formula is C20H24N2O4S. The molecule has 0 aliphatic rings. The topological polar surface area (TPSA) is 75.7 Å². The molecule has 0 aromatic heterocycles. The second-order valence-electron chi connectivity index (χ2n) is 6.02. The Morgan fingerprint density at radius 2 is 1.85 bits per heavy atom. The molecule has 0 aliphatic heterocycles. The maximum absolute atomic E-state index is 12.1. The molecule has 0 heterocycles. The Kier molecular flexibility index (Phi) is 7.29. The zero-order chi connectivity index (χ0) is 19.9. The summed E-state index contributed by atoms with van der Waals surface area (Å²) in [4.78, 5) is 12.3. The van der Waals surface area contributed by atoms with Gasteiger partial charge in [0.25, 0.3) is 0 Å². The van der Waals surface area contributed by atoms with Crippen molar-refractivity contribution in [2.45, 2.75) is 18.4 Å². The lowest BCUT2D eigenvalue weighted by molar-refractivity contribution is -0.111. The number of nitrogens with zero attached hydrogens (tertiary/aromatic N) is 1. The van der Waals surface area contributed by atoms with Gasteiger partial charge in [-0.3, -0.25) is 4.79 Å². The molecule has 27 heavy (non-hydrogen) atoms. The van der Waals surface area contributed by atoms with Crippen molar-refractivity contribution >= 4 is 27.7 Å². The van der Waals surface area contributed by atoms with Crippen LogP contribution in [0.5, 0.6) is 0 Å². The second-order valence-corrected chi connectivity index (χ2v) is 8.17. The quantitative estimate of drug-likeness (QED) is 0.705. The number of hydrogen-bond donors (Lipinski definition) is 1. The first kappa shape index (κ1) is 20.8. The minimum absolute atomic E-state index is 0.209. The summed E-state index contributed by atoms with van der Waals surface area (Å²) in [5.41, 5.74) is 2.40. The number of carbonyl (C=O) groups is 1. The highest BCUT2D eigenvalue weighted by atomic mass is 32.2. The third-order valence-electron chi connectivity index (χ3n) is 3.75. The minimum atomic E-state index is -3.46. The molecule has 0 saturated heterocycles. The van der Waals surface area contributed by atoms with Crippen LogP contribution in [0.2, 0.25) is 0 Å². The molecule has 0 radical (unpaired) electrons. The molecule has 2 aromatic carbocycles. The average molecular weight is 388 g/mol. The lowest BCUT2D eigenvalue weighted by atomic mass is 10.2. The van der Waals surface area contributed by atoms with Crippen molar-refractivity contribution in [2.24, 2.45) is 0 Å². The van der Waals surface area contributed by atoms with Gasteiger partial charge in [0.2, 0.25) is 15.9 Å². The van der Waals surface area contributed by atoms with E-state index in [0.717, 1.165) is 15.4 Å². The number of sulfonamides is 1. The SMILES string of the molecule is CCOCc1cccc(NC(=O)/C=C/c2ccc(S(=O)(=O)N(C)C)cc2)c1. The number of nitrogens with one attached hydrogen (secondary N) is 1. The van der Waals surface area contributed by atoms with Crippen LogP contribution in [-0.4, -0.2) is 39.3 Å². The van der Waals surface area contributed by atoms with Crippen molar-refractivity contribution in [1.29, 1.82) is 0 Å². The molecule has 1 N–H and O–H groups in total. The third kappa shape index (κ3) is 6.02. The molecule has 0 saturated carbocycles. The maximum Gasteiger partial charge on any atom is 0.248 e. The normalized spacial score (nSPS) is 11.9. The van der Waals surface area contributed by atoms with E-state index in [-0.39, 0.29) is 10.8 Å². The number of hydrogen-bond acceptors (Lipinski definition) is 4. The minimum Gasteiger partial charge on any atom is -0.377 e. The summed E-state index contributed by atoms with van der Waals surface area (Å²) >= 11 is 0. The van der Waals surface area contributed by atoms with E-state index in [1.54, 1.807) is 18.2 Å². The van der Waals surface area contributed by atoms with Gasteiger partial charge in [-0.2, -0.15) is 0 Å². The summed E-state index contributed by atoms with van der Waals surface area (Å²) in [6, 6.07) is 13.8. The molecule has 0 fully saturated rings. The number of ether oxygens (including phenoxy) is 1. The predicted molar refractivity (Wildman–Crippen MR) is 107 cm³/mol. The fourth-order valence-corrected chi connectivity index (χ4v) is 3.18. The van der Waals surface area contributed by atoms with Crippen molar-refractivity contribution in [1.82, 2.24) is 4.31 Å². The number of carbonyl (C=O) groups excluding carboxylic acids is 1. The fourth-order valence-electron chi connectivity index (χ4n) is 2.28. The summed E-state index contributed by atoms with van der Waals surface area (Å²) in [6.07, 6.45) is 3.04. The van der Waals surface area contributed by atoms with Crippen molar-refractivity contribution in [3.8, 4) is 0 Å². The molecule has 2 aromatic rings. The number of benzene rings is 2. The van der Waals surface area contributed by atoms with Gasteiger partial charge in [-0.05, 0) is 48.4 Å². The van der Waals surface area contributed by atoms with Crippen LogP contribution >= 0.6 is 0 Å².